The standard InChI is InChI=1S/C18H25FN2O2/c1-14(20-8-10-23-11-9-20)18(22)21-7-3-6-17(21)13-15-4-2-5-16(19)12-15/h2,4-5,12,14,17H,3,6-11,13H2,1H3/t14-,17-/m0/s1. The fourth-order valence-electron chi connectivity index (χ4n) is 3.64. The van der Waals surface area contributed by atoms with Gasteiger partial charge < -0.3 is 9.64 Å². The molecule has 0 saturated carbocycles. The number of rotatable bonds is 4. The van der Waals surface area contributed by atoms with Gasteiger partial charge in [-0.3, -0.25) is 9.69 Å². The monoisotopic (exact) mass is 320 g/mol. The predicted octanol–water partition coefficient (Wildman–Crippen LogP) is 2.08. The average molecular weight is 320 g/mol. The second-order valence-electron chi connectivity index (χ2n) is 6.49. The summed E-state index contributed by atoms with van der Waals surface area (Å²) >= 11 is 0. The fourth-order valence-corrected chi connectivity index (χ4v) is 3.64. The maximum absolute atomic E-state index is 13.4. The zero-order chi connectivity index (χ0) is 16.2. The van der Waals surface area contributed by atoms with Crippen LogP contribution in [0.3, 0.4) is 0 Å². The molecule has 0 aliphatic carbocycles. The smallest absolute Gasteiger partial charge is 0.239 e. The van der Waals surface area contributed by atoms with E-state index in [2.05, 4.69) is 4.90 Å². The number of amides is 1. The van der Waals surface area contributed by atoms with Gasteiger partial charge in [-0.15, -0.1) is 0 Å². The maximum Gasteiger partial charge on any atom is 0.239 e. The Kier molecular flexibility index (Phi) is 5.28. The molecule has 1 amide bonds. The molecular weight excluding hydrogens is 295 g/mol. The molecule has 3 rings (SSSR count). The molecular formula is C18H25FN2O2. The molecule has 0 spiro atoms. The van der Waals surface area contributed by atoms with Crippen molar-refractivity contribution in [2.75, 3.05) is 32.8 Å². The quantitative estimate of drug-likeness (QED) is 0.851. The molecule has 2 saturated heterocycles. The van der Waals surface area contributed by atoms with Gasteiger partial charge >= 0.3 is 0 Å². The Bertz CT molecular complexity index is 546. The molecule has 0 unspecified atom stereocenters. The number of ether oxygens (including phenoxy) is 1. The van der Waals surface area contributed by atoms with Crippen LogP contribution in [0, 0.1) is 5.82 Å². The number of hydrogen-bond acceptors (Lipinski definition) is 3. The minimum atomic E-state index is -0.208. The van der Waals surface area contributed by atoms with Gasteiger partial charge in [0.15, 0.2) is 0 Å². The Morgan fingerprint density at radius 1 is 1.35 bits per heavy atom. The Labute approximate surface area is 137 Å². The Hall–Kier alpha value is -1.46. The molecule has 2 aliphatic rings. The number of halogens is 1. The van der Waals surface area contributed by atoms with Gasteiger partial charge in [0.1, 0.15) is 5.82 Å². The largest absolute Gasteiger partial charge is 0.379 e. The Morgan fingerprint density at radius 2 is 2.13 bits per heavy atom. The number of carbonyl (C=O) groups excluding carboxylic acids is 1. The van der Waals surface area contributed by atoms with Gasteiger partial charge in [-0.1, -0.05) is 12.1 Å². The first-order valence-electron chi connectivity index (χ1n) is 8.52. The summed E-state index contributed by atoms with van der Waals surface area (Å²) in [4.78, 5) is 17.1. The number of nitrogens with zero attached hydrogens (tertiary/aromatic N) is 2. The Balaban J connectivity index is 1.64. The molecule has 0 radical (unpaired) electrons. The minimum Gasteiger partial charge on any atom is -0.379 e. The van der Waals surface area contributed by atoms with Crippen LogP contribution in [-0.2, 0) is 16.0 Å². The van der Waals surface area contributed by atoms with Crippen molar-refractivity contribution >= 4 is 5.91 Å². The number of likely N-dealkylation sites (tertiary alicyclic amines) is 1. The molecule has 23 heavy (non-hydrogen) atoms. The molecule has 2 atom stereocenters. The summed E-state index contributed by atoms with van der Waals surface area (Å²) in [6.45, 7) is 5.83. The van der Waals surface area contributed by atoms with Crippen molar-refractivity contribution in [3.8, 4) is 0 Å². The van der Waals surface area contributed by atoms with Gasteiger partial charge in [0.05, 0.1) is 19.3 Å². The fraction of sp³-hybridized carbons (Fsp3) is 0.611. The van der Waals surface area contributed by atoms with E-state index in [4.69, 9.17) is 4.74 Å². The molecule has 0 aromatic heterocycles. The summed E-state index contributed by atoms with van der Waals surface area (Å²) in [6, 6.07) is 6.80. The highest BCUT2D eigenvalue weighted by atomic mass is 19.1. The second-order valence-corrected chi connectivity index (χ2v) is 6.49. The van der Waals surface area contributed by atoms with E-state index in [9.17, 15) is 9.18 Å². The number of morpholine rings is 1. The van der Waals surface area contributed by atoms with Crippen LogP contribution in [0.25, 0.3) is 0 Å². The molecule has 2 aliphatic heterocycles. The van der Waals surface area contributed by atoms with E-state index < -0.39 is 0 Å². The van der Waals surface area contributed by atoms with Crippen molar-refractivity contribution in [1.29, 1.82) is 0 Å². The van der Waals surface area contributed by atoms with Crippen molar-refractivity contribution in [2.24, 2.45) is 0 Å². The van der Waals surface area contributed by atoms with Crippen LogP contribution in [0.15, 0.2) is 24.3 Å². The van der Waals surface area contributed by atoms with Crippen molar-refractivity contribution < 1.29 is 13.9 Å². The van der Waals surface area contributed by atoms with E-state index in [1.807, 2.05) is 17.9 Å². The van der Waals surface area contributed by atoms with Crippen molar-refractivity contribution in [3.05, 3.63) is 35.6 Å². The van der Waals surface area contributed by atoms with Crippen LogP contribution in [0.2, 0.25) is 0 Å². The van der Waals surface area contributed by atoms with E-state index in [0.29, 0.717) is 13.2 Å². The highest BCUT2D eigenvalue weighted by molar-refractivity contribution is 5.82. The van der Waals surface area contributed by atoms with E-state index in [1.54, 1.807) is 12.1 Å². The van der Waals surface area contributed by atoms with E-state index in [0.717, 1.165) is 44.5 Å². The average Bonchev–Trinajstić information content (AvgIpc) is 3.02. The van der Waals surface area contributed by atoms with Gasteiger partial charge in [-0.05, 0) is 43.9 Å². The van der Waals surface area contributed by atoms with Crippen molar-refractivity contribution in [1.82, 2.24) is 9.80 Å². The van der Waals surface area contributed by atoms with E-state index in [1.165, 1.54) is 6.07 Å². The molecule has 2 fully saturated rings. The number of benzene rings is 1. The van der Waals surface area contributed by atoms with Crippen LogP contribution in [-0.4, -0.2) is 60.6 Å². The van der Waals surface area contributed by atoms with Crippen LogP contribution in [0.4, 0.5) is 4.39 Å². The molecule has 5 heteroatoms. The first-order valence-corrected chi connectivity index (χ1v) is 8.52. The first-order chi connectivity index (χ1) is 11.1. The predicted molar refractivity (Wildman–Crippen MR) is 86.7 cm³/mol. The SMILES string of the molecule is C[C@@H](C(=O)N1CCC[C@H]1Cc1cccc(F)c1)N1CCOCC1. The zero-order valence-electron chi connectivity index (χ0n) is 13.7. The summed E-state index contributed by atoms with van der Waals surface area (Å²) in [7, 11) is 0. The summed E-state index contributed by atoms with van der Waals surface area (Å²) < 4.78 is 18.7. The van der Waals surface area contributed by atoms with E-state index >= 15 is 0 Å². The molecule has 1 aromatic rings. The number of hydrogen-bond donors (Lipinski definition) is 0. The van der Waals surface area contributed by atoms with Crippen LogP contribution >= 0.6 is 0 Å². The summed E-state index contributed by atoms with van der Waals surface area (Å²) in [5, 5.41) is 0. The van der Waals surface area contributed by atoms with Gasteiger partial charge in [-0.2, -0.15) is 0 Å². The number of carbonyl (C=O) groups is 1. The Morgan fingerprint density at radius 3 is 2.87 bits per heavy atom. The molecule has 4 nitrogen and oxygen atoms in total. The second kappa shape index (κ2) is 7.41. The normalized spacial score (nSPS) is 23.9. The van der Waals surface area contributed by atoms with Crippen LogP contribution in [0.5, 0.6) is 0 Å². The summed E-state index contributed by atoms with van der Waals surface area (Å²) in [6.07, 6.45) is 2.76. The van der Waals surface area contributed by atoms with Gasteiger partial charge in [0, 0.05) is 25.7 Å². The van der Waals surface area contributed by atoms with Gasteiger partial charge in [0.25, 0.3) is 0 Å². The lowest BCUT2D eigenvalue weighted by Crippen LogP contribution is -2.52. The highest BCUT2D eigenvalue weighted by Crippen LogP contribution is 2.23. The zero-order valence-corrected chi connectivity index (χ0v) is 13.7. The third-order valence-electron chi connectivity index (χ3n) is 4.97. The maximum atomic E-state index is 13.4. The lowest BCUT2D eigenvalue weighted by atomic mass is 10.0. The summed E-state index contributed by atoms with van der Waals surface area (Å²) in [5.74, 6) is -0.00846. The minimum absolute atomic E-state index is 0.105. The first kappa shape index (κ1) is 16.4. The summed E-state index contributed by atoms with van der Waals surface area (Å²) in [5.41, 5.74) is 0.966. The van der Waals surface area contributed by atoms with Crippen molar-refractivity contribution in [2.45, 2.75) is 38.3 Å². The van der Waals surface area contributed by atoms with Crippen molar-refractivity contribution in [3.63, 3.8) is 0 Å². The van der Waals surface area contributed by atoms with Crippen LogP contribution in [0.1, 0.15) is 25.3 Å². The molecule has 1 aromatic carbocycles. The lowest BCUT2D eigenvalue weighted by Gasteiger charge is -2.35. The molecule has 2 heterocycles. The molecule has 0 bridgehead atoms. The van der Waals surface area contributed by atoms with E-state index in [-0.39, 0.29) is 23.8 Å². The lowest BCUT2D eigenvalue weighted by molar-refractivity contribution is -0.138. The third kappa shape index (κ3) is 3.90. The third-order valence-corrected chi connectivity index (χ3v) is 4.97. The van der Waals surface area contributed by atoms with Gasteiger partial charge in [0.2, 0.25) is 5.91 Å². The molecule has 126 valence electrons. The highest BCUT2D eigenvalue weighted by Gasteiger charge is 2.34. The molecule has 0 N–H and O–H groups in total. The van der Waals surface area contributed by atoms with Crippen LogP contribution < -0.4 is 0 Å². The topological polar surface area (TPSA) is 32.8 Å². The van der Waals surface area contributed by atoms with Gasteiger partial charge in [-0.25, -0.2) is 4.39 Å².